The molecule has 0 saturated carbocycles. The van der Waals surface area contributed by atoms with Crippen LogP contribution in [0.5, 0.6) is 5.75 Å². The molecule has 27 heavy (non-hydrogen) atoms. The number of nitrogens with zero attached hydrogens (tertiary/aromatic N) is 2. The molecule has 1 aliphatic heterocycles. The number of hydrogen-bond acceptors (Lipinski definition) is 5. The summed E-state index contributed by atoms with van der Waals surface area (Å²) < 4.78 is 20.3. The van der Waals surface area contributed by atoms with E-state index in [-0.39, 0.29) is 17.6 Å². The third-order valence-electron chi connectivity index (χ3n) is 4.37. The number of amides is 1. The molecule has 0 spiro atoms. The highest BCUT2D eigenvalue weighted by molar-refractivity contribution is 7.97. The molecule has 1 aromatic carbocycles. The average molecular weight is 410 g/mol. The van der Waals surface area contributed by atoms with Crippen molar-refractivity contribution < 1.29 is 13.9 Å². The number of carbonyl (C=O) groups excluding carboxylic acids is 1. The first kappa shape index (κ1) is 19.9. The number of benzene rings is 1. The maximum atomic E-state index is 12.9. The highest BCUT2D eigenvalue weighted by Crippen LogP contribution is 2.32. The van der Waals surface area contributed by atoms with Crippen LogP contribution in [-0.4, -0.2) is 35.4 Å². The van der Waals surface area contributed by atoms with Crippen LogP contribution in [0.4, 0.5) is 4.39 Å². The molecular formula is C19H21ClFN3O2S. The first-order valence-electron chi connectivity index (χ1n) is 8.69. The lowest BCUT2D eigenvalue weighted by Gasteiger charge is -2.30. The minimum absolute atomic E-state index is 0.0174. The van der Waals surface area contributed by atoms with Gasteiger partial charge in [0.15, 0.2) is 0 Å². The second-order valence-electron chi connectivity index (χ2n) is 6.31. The van der Waals surface area contributed by atoms with Gasteiger partial charge in [-0.1, -0.05) is 11.6 Å². The molecular weight excluding hydrogens is 389 g/mol. The molecule has 0 unspecified atom stereocenters. The Morgan fingerprint density at radius 2 is 2.15 bits per heavy atom. The quantitative estimate of drug-likeness (QED) is 0.733. The van der Waals surface area contributed by atoms with E-state index >= 15 is 0 Å². The fourth-order valence-corrected chi connectivity index (χ4v) is 4.23. The van der Waals surface area contributed by atoms with E-state index in [1.54, 1.807) is 31.2 Å². The minimum atomic E-state index is -0.382. The van der Waals surface area contributed by atoms with Crippen LogP contribution in [0, 0.1) is 11.7 Å². The van der Waals surface area contributed by atoms with Crippen LogP contribution in [-0.2, 0) is 11.3 Å². The average Bonchev–Trinajstić information content (AvgIpc) is 2.67. The molecule has 2 aromatic rings. The van der Waals surface area contributed by atoms with Gasteiger partial charge >= 0.3 is 0 Å². The number of ether oxygens (including phenoxy) is 1. The molecule has 0 atom stereocenters. The zero-order valence-corrected chi connectivity index (χ0v) is 16.5. The van der Waals surface area contributed by atoms with E-state index in [4.69, 9.17) is 16.3 Å². The van der Waals surface area contributed by atoms with Gasteiger partial charge in [0.2, 0.25) is 5.91 Å². The third-order valence-corrected chi connectivity index (χ3v) is 5.66. The molecule has 1 fully saturated rings. The summed E-state index contributed by atoms with van der Waals surface area (Å²) in [6.45, 7) is 1.94. The predicted octanol–water partition coefficient (Wildman–Crippen LogP) is 3.92. The zero-order valence-electron chi connectivity index (χ0n) is 15.0. The summed E-state index contributed by atoms with van der Waals surface area (Å²) in [5, 5.41) is 3.53. The lowest BCUT2D eigenvalue weighted by Crippen LogP contribution is -2.38. The van der Waals surface area contributed by atoms with Crippen LogP contribution in [0.25, 0.3) is 0 Å². The van der Waals surface area contributed by atoms with Crippen molar-refractivity contribution in [1.29, 1.82) is 0 Å². The van der Waals surface area contributed by atoms with Gasteiger partial charge in [0.25, 0.3) is 0 Å². The molecule has 1 saturated heterocycles. The Bertz CT molecular complexity index is 783. The molecule has 3 rings (SSSR count). The van der Waals surface area contributed by atoms with E-state index in [1.807, 2.05) is 12.1 Å². The highest BCUT2D eigenvalue weighted by atomic mass is 35.5. The zero-order chi connectivity index (χ0) is 19.2. The van der Waals surface area contributed by atoms with Gasteiger partial charge in [-0.05, 0) is 55.1 Å². The van der Waals surface area contributed by atoms with Crippen LogP contribution >= 0.6 is 23.5 Å². The number of methoxy groups -OCH3 is 1. The Hall–Kier alpha value is -1.83. The van der Waals surface area contributed by atoms with Gasteiger partial charge in [0, 0.05) is 28.9 Å². The molecule has 144 valence electrons. The monoisotopic (exact) mass is 409 g/mol. The van der Waals surface area contributed by atoms with Crippen LogP contribution in [0.2, 0.25) is 5.02 Å². The molecule has 1 aliphatic rings. The molecule has 0 bridgehead atoms. The summed E-state index contributed by atoms with van der Waals surface area (Å²) in [5.41, 5.74) is 0.646. The largest absolute Gasteiger partial charge is 0.497 e. The topological polar surface area (TPSA) is 54.5 Å². The van der Waals surface area contributed by atoms with Crippen LogP contribution < -0.4 is 10.1 Å². The maximum Gasteiger partial charge on any atom is 0.223 e. The number of hydrogen-bond donors (Lipinski definition) is 1. The number of aromatic nitrogens is 1. The number of carbonyl (C=O) groups is 1. The van der Waals surface area contributed by atoms with Crippen molar-refractivity contribution >= 4 is 29.5 Å². The van der Waals surface area contributed by atoms with Crippen molar-refractivity contribution in [2.75, 3.05) is 20.2 Å². The van der Waals surface area contributed by atoms with Crippen LogP contribution in [0.1, 0.15) is 18.5 Å². The predicted molar refractivity (Wildman–Crippen MR) is 104 cm³/mol. The fraction of sp³-hybridized carbons (Fsp3) is 0.368. The molecule has 0 radical (unpaired) electrons. The Morgan fingerprint density at radius 1 is 1.37 bits per heavy atom. The number of nitrogens with one attached hydrogen (secondary N) is 1. The lowest BCUT2D eigenvalue weighted by atomic mass is 9.97. The summed E-state index contributed by atoms with van der Waals surface area (Å²) in [4.78, 5) is 17.3. The smallest absolute Gasteiger partial charge is 0.223 e. The van der Waals surface area contributed by atoms with Gasteiger partial charge in [-0.2, -0.15) is 0 Å². The standard InChI is InChI=1S/C19H21ClFN3O2S/c1-26-17-8-14(20)9-18(10-17)27-24-6-4-13(5-7-24)19(25)23-12-16-3-2-15(21)11-22-16/h2-3,8-11,13H,4-7,12H2,1H3,(H,23,25). The van der Waals surface area contributed by atoms with Crippen molar-refractivity contribution in [1.82, 2.24) is 14.6 Å². The van der Waals surface area contributed by atoms with Gasteiger partial charge in [0.1, 0.15) is 11.6 Å². The summed E-state index contributed by atoms with van der Waals surface area (Å²) in [5.74, 6) is 0.354. The van der Waals surface area contributed by atoms with Gasteiger partial charge in [-0.25, -0.2) is 8.70 Å². The number of piperidine rings is 1. The number of halogens is 2. The molecule has 1 aromatic heterocycles. The van der Waals surface area contributed by atoms with E-state index in [0.29, 0.717) is 17.3 Å². The summed E-state index contributed by atoms with van der Waals surface area (Å²) in [7, 11) is 1.62. The Kier molecular flexibility index (Phi) is 6.93. The first-order valence-corrected chi connectivity index (χ1v) is 9.84. The molecule has 2 heterocycles. The van der Waals surface area contributed by atoms with Crippen LogP contribution in [0.15, 0.2) is 41.4 Å². The lowest BCUT2D eigenvalue weighted by molar-refractivity contribution is -0.126. The van der Waals surface area contributed by atoms with Crippen molar-refractivity contribution in [3.05, 3.63) is 53.1 Å². The number of pyridine rings is 1. The summed E-state index contributed by atoms with van der Waals surface area (Å²) in [6, 6.07) is 8.55. The Balaban J connectivity index is 1.46. The van der Waals surface area contributed by atoms with Gasteiger partial charge in [-0.3, -0.25) is 9.78 Å². The third kappa shape index (κ3) is 5.82. The normalized spacial score (nSPS) is 15.5. The van der Waals surface area contributed by atoms with Gasteiger partial charge in [-0.15, -0.1) is 0 Å². The van der Waals surface area contributed by atoms with Crippen LogP contribution in [0.3, 0.4) is 0 Å². The fourth-order valence-electron chi connectivity index (χ4n) is 2.90. The van der Waals surface area contributed by atoms with E-state index in [1.165, 1.54) is 6.07 Å². The van der Waals surface area contributed by atoms with Crippen molar-refractivity contribution in [2.24, 2.45) is 5.92 Å². The Labute approximate surface area is 167 Å². The summed E-state index contributed by atoms with van der Waals surface area (Å²) >= 11 is 7.74. The Morgan fingerprint density at radius 3 is 2.81 bits per heavy atom. The summed E-state index contributed by atoms with van der Waals surface area (Å²) in [6.07, 6.45) is 2.72. The molecule has 0 aliphatic carbocycles. The van der Waals surface area contributed by atoms with Gasteiger partial charge in [0.05, 0.1) is 25.5 Å². The number of rotatable bonds is 6. The highest BCUT2D eigenvalue weighted by Gasteiger charge is 2.25. The van der Waals surface area contributed by atoms with E-state index in [9.17, 15) is 9.18 Å². The second-order valence-corrected chi connectivity index (χ2v) is 7.91. The molecule has 8 heteroatoms. The SMILES string of the molecule is COc1cc(Cl)cc(SN2CCC(C(=O)NCc3ccc(F)cn3)CC2)c1. The molecule has 1 amide bonds. The van der Waals surface area contributed by atoms with E-state index in [0.717, 1.165) is 42.8 Å². The van der Waals surface area contributed by atoms with Gasteiger partial charge < -0.3 is 10.1 Å². The van der Waals surface area contributed by atoms with E-state index in [2.05, 4.69) is 14.6 Å². The van der Waals surface area contributed by atoms with Crippen molar-refractivity contribution in [2.45, 2.75) is 24.3 Å². The van der Waals surface area contributed by atoms with Crippen molar-refractivity contribution in [3.63, 3.8) is 0 Å². The van der Waals surface area contributed by atoms with E-state index < -0.39 is 0 Å². The molecule has 1 N–H and O–H groups in total. The molecule has 5 nitrogen and oxygen atoms in total. The minimum Gasteiger partial charge on any atom is -0.497 e. The second kappa shape index (κ2) is 9.39. The van der Waals surface area contributed by atoms with Crippen molar-refractivity contribution in [3.8, 4) is 5.75 Å². The maximum absolute atomic E-state index is 12.9. The first-order chi connectivity index (χ1) is 13.0.